The van der Waals surface area contributed by atoms with Crippen LogP contribution < -0.4 is 15.5 Å². The zero-order valence-corrected chi connectivity index (χ0v) is 18.0. The van der Waals surface area contributed by atoms with Gasteiger partial charge >= 0.3 is 6.03 Å². The molecule has 0 spiro atoms. The predicted molar refractivity (Wildman–Crippen MR) is 121 cm³/mol. The summed E-state index contributed by atoms with van der Waals surface area (Å²) in [6.45, 7) is 9.21. The molecule has 3 aromatic heterocycles. The maximum Gasteiger partial charge on any atom is 0.320 e. The summed E-state index contributed by atoms with van der Waals surface area (Å²) in [5.41, 5.74) is 3.33. The van der Waals surface area contributed by atoms with Gasteiger partial charge in [0.15, 0.2) is 5.82 Å². The van der Waals surface area contributed by atoms with Crippen molar-refractivity contribution < 1.29 is 4.79 Å². The highest BCUT2D eigenvalue weighted by molar-refractivity contribution is 5.88. The van der Waals surface area contributed by atoms with E-state index in [4.69, 9.17) is 4.98 Å². The van der Waals surface area contributed by atoms with E-state index in [2.05, 4.69) is 43.5 Å². The average Bonchev–Trinajstić information content (AvgIpc) is 3.31. The summed E-state index contributed by atoms with van der Waals surface area (Å²) in [6, 6.07) is 9.68. The fraction of sp³-hybridized carbons (Fsp3) is 0.364. The Morgan fingerprint density at radius 2 is 1.97 bits per heavy atom. The van der Waals surface area contributed by atoms with Gasteiger partial charge in [0.1, 0.15) is 5.82 Å². The second-order valence-electron chi connectivity index (χ2n) is 7.52. The number of piperazine rings is 1. The Morgan fingerprint density at radius 3 is 2.61 bits per heavy atom. The molecule has 2 N–H and O–H groups in total. The van der Waals surface area contributed by atoms with E-state index < -0.39 is 0 Å². The minimum absolute atomic E-state index is 0.235. The molecule has 0 aliphatic carbocycles. The van der Waals surface area contributed by atoms with E-state index in [1.54, 1.807) is 10.9 Å². The number of nitrogens with zero attached hydrogens (tertiary/aromatic N) is 6. The van der Waals surface area contributed by atoms with Gasteiger partial charge in [-0.05, 0) is 43.7 Å². The maximum absolute atomic E-state index is 11.6. The molecule has 0 atom stereocenters. The molecule has 0 bridgehead atoms. The fourth-order valence-electron chi connectivity index (χ4n) is 3.72. The van der Waals surface area contributed by atoms with E-state index >= 15 is 0 Å². The first-order valence-electron chi connectivity index (χ1n) is 10.6. The van der Waals surface area contributed by atoms with E-state index in [0.29, 0.717) is 12.4 Å². The van der Waals surface area contributed by atoms with E-state index in [-0.39, 0.29) is 6.03 Å². The minimum Gasteiger partial charge on any atom is -0.368 e. The number of carbonyl (C=O) groups excluding carboxylic acids is 1. The molecule has 4 heterocycles. The molecule has 1 saturated heterocycles. The van der Waals surface area contributed by atoms with Gasteiger partial charge in [-0.3, -0.25) is 10.2 Å². The lowest BCUT2D eigenvalue weighted by atomic mass is 10.2. The first kappa shape index (κ1) is 20.8. The minimum atomic E-state index is -0.235. The number of urea groups is 1. The van der Waals surface area contributed by atoms with Crippen molar-refractivity contribution in [2.24, 2.45) is 0 Å². The van der Waals surface area contributed by atoms with Gasteiger partial charge in [-0.15, -0.1) is 0 Å². The van der Waals surface area contributed by atoms with Crippen LogP contribution in [-0.2, 0) is 6.54 Å². The first-order chi connectivity index (χ1) is 15.1. The van der Waals surface area contributed by atoms with Gasteiger partial charge < -0.3 is 10.2 Å². The molecule has 31 heavy (non-hydrogen) atoms. The fourth-order valence-corrected chi connectivity index (χ4v) is 3.72. The van der Waals surface area contributed by atoms with Gasteiger partial charge in [-0.2, -0.15) is 5.10 Å². The number of nitrogens with one attached hydrogen (secondary N) is 2. The van der Waals surface area contributed by atoms with Crippen molar-refractivity contribution in [2.75, 3.05) is 42.9 Å². The molecule has 9 nitrogen and oxygen atoms in total. The molecule has 1 aliphatic heterocycles. The molecular weight excluding hydrogens is 392 g/mol. The number of hydrogen-bond acceptors (Lipinski definition) is 6. The molecule has 0 unspecified atom stereocenters. The molecule has 3 aromatic rings. The van der Waals surface area contributed by atoms with E-state index in [1.807, 2.05) is 43.6 Å². The smallest absolute Gasteiger partial charge is 0.320 e. The lowest BCUT2D eigenvalue weighted by molar-refractivity contribution is 0.249. The number of pyridine rings is 2. The Kier molecular flexibility index (Phi) is 6.42. The second kappa shape index (κ2) is 9.57. The lowest BCUT2D eigenvalue weighted by Crippen LogP contribution is -2.46. The summed E-state index contributed by atoms with van der Waals surface area (Å²) in [7, 11) is 0. The summed E-state index contributed by atoms with van der Waals surface area (Å²) in [5, 5.41) is 9.67. The highest BCUT2D eigenvalue weighted by atomic mass is 16.2. The number of amides is 2. The topological polar surface area (TPSA) is 91.2 Å². The van der Waals surface area contributed by atoms with Crippen LogP contribution >= 0.6 is 0 Å². The first-order valence-corrected chi connectivity index (χ1v) is 10.6. The molecule has 0 radical (unpaired) electrons. The molecule has 162 valence electrons. The summed E-state index contributed by atoms with van der Waals surface area (Å²) in [5.74, 6) is 1.39. The number of rotatable bonds is 6. The van der Waals surface area contributed by atoms with Gasteiger partial charge in [0.25, 0.3) is 0 Å². The maximum atomic E-state index is 11.6. The van der Waals surface area contributed by atoms with Crippen LogP contribution in [0.4, 0.5) is 16.3 Å². The van der Waals surface area contributed by atoms with Crippen LogP contribution in [0.1, 0.15) is 18.2 Å². The van der Waals surface area contributed by atoms with Crippen molar-refractivity contribution in [1.82, 2.24) is 30.0 Å². The van der Waals surface area contributed by atoms with E-state index in [9.17, 15) is 4.79 Å². The van der Waals surface area contributed by atoms with Crippen LogP contribution in [-0.4, -0.2) is 63.4 Å². The van der Waals surface area contributed by atoms with Crippen molar-refractivity contribution in [3.63, 3.8) is 0 Å². The third-order valence-corrected chi connectivity index (χ3v) is 5.31. The lowest BCUT2D eigenvalue weighted by Gasteiger charge is -2.36. The third-order valence-electron chi connectivity index (χ3n) is 5.31. The second-order valence-corrected chi connectivity index (χ2v) is 7.52. The molecule has 1 fully saturated rings. The Morgan fingerprint density at radius 1 is 1.13 bits per heavy atom. The third kappa shape index (κ3) is 5.18. The Balaban J connectivity index is 1.30. The highest BCUT2D eigenvalue weighted by Crippen LogP contribution is 2.22. The van der Waals surface area contributed by atoms with Gasteiger partial charge in [0.2, 0.25) is 0 Å². The number of anilines is 2. The average molecular weight is 421 g/mol. The predicted octanol–water partition coefficient (Wildman–Crippen LogP) is 2.43. The molecule has 9 heteroatoms. The summed E-state index contributed by atoms with van der Waals surface area (Å²) >= 11 is 0. The quantitative estimate of drug-likeness (QED) is 0.637. The van der Waals surface area contributed by atoms with Crippen molar-refractivity contribution in [2.45, 2.75) is 20.4 Å². The van der Waals surface area contributed by atoms with Crippen LogP contribution in [0.15, 0.2) is 48.9 Å². The van der Waals surface area contributed by atoms with Gasteiger partial charge in [-0.25, -0.2) is 19.4 Å². The largest absolute Gasteiger partial charge is 0.368 e. The SMILES string of the molecule is CCNC(=O)Nc1ccc(CN2CCN(c3ccc(-n4cccn4)nc3C)CC2)cn1. The molecule has 4 rings (SSSR count). The number of carbonyl (C=O) groups is 1. The van der Waals surface area contributed by atoms with E-state index in [0.717, 1.165) is 49.8 Å². The molecule has 0 saturated carbocycles. The Bertz CT molecular complexity index is 995. The Hall–Kier alpha value is -3.46. The number of aryl methyl sites for hydroxylation is 1. The van der Waals surface area contributed by atoms with Crippen LogP contribution in [0.25, 0.3) is 5.82 Å². The molecule has 1 aliphatic rings. The summed E-state index contributed by atoms with van der Waals surface area (Å²) in [6.07, 6.45) is 5.49. The molecule has 2 amide bonds. The van der Waals surface area contributed by atoms with Crippen LogP contribution in [0, 0.1) is 6.92 Å². The number of hydrogen-bond donors (Lipinski definition) is 2. The van der Waals surface area contributed by atoms with Crippen LogP contribution in [0.3, 0.4) is 0 Å². The van der Waals surface area contributed by atoms with Crippen molar-refractivity contribution in [3.05, 3.63) is 60.2 Å². The monoisotopic (exact) mass is 420 g/mol. The van der Waals surface area contributed by atoms with Crippen molar-refractivity contribution in [1.29, 1.82) is 0 Å². The summed E-state index contributed by atoms with van der Waals surface area (Å²) in [4.78, 5) is 25.5. The molecule has 0 aromatic carbocycles. The van der Waals surface area contributed by atoms with Gasteiger partial charge in [-0.1, -0.05) is 6.07 Å². The van der Waals surface area contributed by atoms with E-state index in [1.165, 1.54) is 5.69 Å². The zero-order valence-electron chi connectivity index (χ0n) is 18.0. The summed E-state index contributed by atoms with van der Waals surface area (Å²) < 4.78 is 1.78. The van der Waals surface area contributed by atoms with Gasteiger partial charge in [0.05, 0.1) is 11.4 Å². The molecular formula is C22H28N8O. The van der Waals surface area contributed by atoms with Crippen LogP contribution in [0.2, 0.25) is 0 Å². The Labute approximate surface area is 182 Å². The van der Waals surface area contributed by atoms with Crippen LogP contribution in [0.5, 0.6) is 0 Å². The van der Waals surface area contributed by atoms with Crippen molar-refractivity contribution in [3.8, 4) is 5.82 Å². The zero-order chi connectivity index (χ0) is 21.6. The van der Waals surface area contributed by atoms with Gasteiger partial charge in [0, 0.05) is 57.9 Å². The standard InChI is InChI=1S/C22H28N8O/c1-3-23-22(31)27-20-7-5-18(15-24-20)16-28-11-13-29(14-12-28)19-6-8-21(26-17(19)2)30-10-4-9-25-30/h4-10,15H,3,11-14,16H2,1-2H3,(H2,23,24,27,31). The number of aromatic nitrogens is 4. The highest BCUT2D eigenvalue weighted by Gasteiger charge is 2.19. The van der Waals surface area contributed by atoms with Crippen molar-refractivity contribution >= 4 is 17.5 Å². The normalized spacial score (nSPS) is 14.5.